The Bertz CT molecular complexity index is 502. The SMILES string of the molecule is CCCC(C=O)[C@H](C[N+](=O)[O-])c1ccccc1C(F)(F)F. The van der Waals surface area contributed by atoms with Gasteiger partial charge in [-0.05, 0) is 18.1 Å². The lowest BCUT2D eigenvalue weighted by Gasteiger charge is -2.23. The van der Waals surface area contributed by atoms with E-state index in [9.17, 15) is 28.1 Å². The molecule has 1 rings (SSSR count). The van der Waals surface area contributed by atoms with Gasteiger partial charge in [-0.1, -0.05) is 31.5 Å². The highest BCUT2D eigenvalue weighted by Crippen LogP contribution is 2.38. The standard InChI is InChI=1S/C14H16F3NO3/c1-2-5-10(9-19)12(8-18(20)21)11-6-3-4-7-13(11)14(15,16)17/h3-4,6-7,9-10,12H,2,5,8H2,1H3/t10?,12-/m0/s1. The van der Waals surface area contributed by atoms with Crippen LogP contribution in [0.1, 0.15) is 36.8 Å². The van der Waals surface area contributed by atoms with Gasteiger partial charge in [0, 0.05) is 10.8 Å². The summed E-state index contributed by atoms with van der Waals surface area (Å²) in [5.41, 5.74) is -1.10. The molecule has 21 heavy (non-hydrogen) atoms. The number of nitrogens with zero attached hydrogens (tertiary/aromatic N) is 1. The number of benzene rings is 1. The van der Waals surface area contributed by atoms with Crippen molar-refractivity contribution in [2.24, 2.45) is 5.92 Å². The molecular weight excluding hydrogens is 287 g/mol. The summed E-state index contributed by atoms with van der Waals surface area (Å²) in [6.45, 7) is 1.08. The Morgan fingerprint density at radius 3 is 2.43 bits per heavy atom. The van der Waals surface area contributed by atoms with Gasteiger partial charge in [0.1, 0.15) is 6.29 Å². The van der Waals surface area contributed by atoms with Gasteiger partial charge in [-0.3, -0.25) is 10.1 Å². The molecule has 0 aromatic heterocycles. The van der Waals surface area contributed by atoms with E-state index in [0.29, 0.717) is 19.1 Å². The van der Waals surface area contributed by atoms with Crippen LogP contribution in [0.3, 0.4) is 0 Å². The molecule has 4 nitrogen and oxygen atoms in total. The first-order chi connectivity index (χ1) is 9.81. The molecule has 0 aliphatic heterocycles. The topological polar surface area (TPSA) is 60.2 Å². The van der Waals surface area contributed by atoms with E-state index in [1.165, 1.54) is 18.2 Å². The van der Waals surface area contributed by atoms with E-state index < -0.39 is 35.0 Å². The molecule has 1 aromatic carbocycles. The van der Waals surface area contributed by atoms with Gasteiger partial charge in [0.15, 0.2) is 0 Å². The molecule has 0 heterocycles. The van der Waals surface area contributed by atoms with E-state index in [1.807, 2.05) is 0 Å². The highest BCUT2D eigenvalue weighted by Gasteiger charge is 2.38. The molecule has 0 bridgehead atoms. The van der Waals surface area contributed by atoms with E-state index in [4.69, 9.17) is 0 Å². The molecule has 0 saturated heterocycles. The lowest BCUT2D eigenvalue weighted by molar-refractivity contribution is -0.484. The van der Waals surface area contributed by atoms with E-state index in [1.54, 1.807) is 6.92 Å². The van der Waals surface area contributed by atoms with Crippen LogP contribution < -0.4 is 0 Å². The highest BCUT2D eigenvalue weighted by molar-refractivity contribution is 5.56. The third kappa shape index (κ3) is 4.54. The fourth-order valence-electron chi connectivity index (χ4n) is 2.40. The second kappa shape index (κ2) is 7.19. The fourth-order valence-corrected chi connectivity index (χ4v) is 2.40. The van der Waals surface area contributed by atoms with Gasteiger partial charge in [-0.25, -0.2) is 0 Å². The molecule has 0 radical (unpaired) electrons. The number of halogens is 3. The van der Waals surface area contributed by atoms with Crippen molar-refractivity contribution in [3.8, 4) is 0 Å². The summed E-state index contributed by atoms with van der Waals surface area (Å²) in [6, 6.07) is 4.72. The Kier molecular flexibility index (Phi) is 5.87. The lowest BCUT2D eigenvalue weighted by Crippen LogP contribution is -2.25. The number of hydrogen-bond acceptors (Lipinski definition) is 3. The molecule has 0 saturated carbocycles. The highest BCUT2D eigenvalue weighted by atomic mass is 19.4. The van der Waals surface area contributed by atoms with Crippen molar-refractivity contribution in [2.75, 3.05) is 6.54 Å². The number of hydrogen-bond donors (Lipinski definition) is 0. The maximum absolute atomic E-state index is 13.0. The Labute approximate surface area is 120 Å². The summed E-state index contributed by atoms with van der Waals surface area (Å²) in [5.74, 6) is -1.88. The average molecular weight is 303 g/mol. The first kappa shape index (κ1) is 17.1. The van der Waals surface area contributed by atoms with Gasteiger partial charge in [-0.2, -0.15) is 13.2 Å². The summed E-state index contributed by atoms with van der Waals surface area (Å²) in [5, 5.41) is 10.8. The smallest absolute Gasteiger partial charge is 0.303 e. The molecule has 1 unspecified atom stereocenters. The normalized spacial score (nSPS) is 14.5. The molecule has 0 amide bonds. The van der Waals surface area contributed by atoms with E-state index in [2.05, 4.69) is 0 Å². The van der Waals surface area contributed by atoms with Crippen LogP contribution in [0.5, 0.6) is 0 Å². The first-order valence-corrected chi connectivity index (χ1v) is 6.54. The zero-order chi connectivity index (χ0) is 16.0. The minimum Gasteiger partial charge on any atom is -0.303 e. The number of rotatable bonds is 7. The van der Waals surface area contributed by atoms with Gasteiger partial charge in [-0.15, -0.1) is 0 Å². The number of nitro groups is 1. The van der Waals surface area contributed by atoms with Crippen LogP contribution in [0.4, 0.5) is 13.2 Å². The molecule has 2 atom stereocenters. The number of aldehydes is 1. The Hall–Kier alpha value is -1.92. The molecule has 0 aliphatic carbocycles. The van der Waals surface area contributed by atoms with Crippen LogP contribution in [-0.2, 0) is 11.0 Å². The predicted octanol–water partition coefficient (Wildman–Crippen LogP) is 3.68. The summed E-state index contributed by atoms with van der Waals surface area (Å²) in [4.78, 5) is 21.2. The molecule has 0 aliphatic rings. The van der Waals surface area contributed by atoms with Crippen LogP contribution in [0.2, 0.25) is 0 Å². The van der Waals surface area contributed by atoms with Gasteiger partial charge >= 0.3 is 6.18 Å². The quantitative estimate of drug-likeness (QED) is 0.438. The summed E-state index contributed by atoms with van der Waals surface area (Å²) < 4.78 is 39.1. The van der Waals surface area contributed by atoms with Crippen molar-refractivity contribution in [1.82, 2.24) is 0 Å². The van der Waals surface area contributed by atoms with E-state index in [0.717, 1.165) is 6.07 Å². The van der Waals surface area contributed by atoms with Crippen LogP contribution in [0.25, 0.3) is 0 Å². The molecule has 0 spiro atoms. The van der Waals surface area contributed by atoms with E-state index >= 15 is 0 Å². The van der Waals surface area contributed by atoms with Crippen molar-refractivity contribution in [1.29, 1.82) is 0 Å². The first-order valence-electron chi connectivity index (χ1n) is 6.54. The molecular formula is C14H16F3NO3. The van der Waals surface area contributed by atoms with Crippen molar-refractivity contribution in [3.05, 3.63) is 45.5 Å². The Balaban J connectivity index is 3.32. The van der Waals surface area contributed by atoms with Crippen molar-refractivity contribution >= 4 is 6.29 Å². The molecule has 116 valence electrons. The zero-order valence-corrected chi connectivity index (χ0v) is 11.5. The maximum atomic E-state index is 13.0. The maximum Gasteiger partial charge on any atom is 0.416 e. The molecule has 0 N–H and O–H groups in total. The zero-order valence-electron chi connectivity index (χ0n) is 11.5. The largest absolute Gasteiger partial charge is 0.416 e. The monoisotopic (exact) mass is 303 g/mol. The second-order valence-corrected chi connectivity index (χ2v) is 4.80. The molecule has 1 aromatic rings. The number of carbonyl (C=O) groups is 1. The summed E-state index contributed by atoms with van der Waals surface area (Å²) in [7, 11) is 0. The lowest BCUT2D eigenvalue weighted by atomic mass is 9.82. The molecule has 0 fully saturated rings. The minimum absolute atomic E-state index is 0.188. The summed E-state index contributed by atoms with van der Waals surface area (Å²) in [6.07, 6.45) is -3.21. The van der Waals surface area contributed by atoms with Gasteiger partial charge in [0.25, 0.3) is 0 Å². The third-order valence-electron chi connectivity index (χ3n) is 3.33. The minimum atomic E-state index is -4.61. The van der Waals surface area contributed by atoms with Gasteiger partial charge in [0.05, 0.1) is 11.5 Å². The number of carbonyl (C=O) groups excluding carboxylic acids is 1. The van der Waals surface area contributed by atoms with Crippen LogP contribution in [0.15, 0.2) is 24.3 Å². The Morgan fingerprint density at radius 1 is 1.33 bits per heavy atom. The Morgan fingerprint density at radius 2 is 1.95 bits per heavy atom. The van der Waals surface area contributed by atoms with Gasteiger partial charge in [0.2, 0.25) is 6.54 Å². The average Bonchev–Trinajstić information content (AvgIpc) is 2.41. The van der Waals surface area contributed by atoms with Crippen molar-refractivity contribution in [2.45, 2.75) is 31.9 Å². The fraction of sp³-hybridized carbons (Fsp3) is 0.500. The third-order valence-corrected chi connectivity index (χ3v) is 3.33. The molecule has 7 heteroatoms. The van der Waals surface area contributed by atoms with Crippen LogP contribution >= 0.6 is 0 Å². The van der Waals surface area contributed by atoms with Gasteiger partial charge < -0.3 is 4.79 Å². The number of alkyl halides is 3. The van der Waals surface area contributed by atoms with Crippen LogP contribution in [0, 0.1) is 16.0 Å². The van der Waals surface area contributed by atoms with Crippen LogP contribution in [-0.4, -0.2) is 17.8 Å². The second-order valence-electron chi connectivity index (χ2n) is 4.80. The van der Waals surface area contributed by atoms with E-state index in [-0.39, 0.29) is 5.56 Å². The predicted molar refractivity (Wildman–Crippen MR) is 70.5 cm³/mol. The summed E-state index contributed by atoms with van der Waals surface area (Å²) >= 11 is 0. The van der Waals surface area contributed by atoms with Crippen molar-refractivity contribution in [3.63, 3.8) is 0 Å². The van der Waals surface area contributed by atoms with Crippen molar-refractivity contribution < 1.29 is 22.9 Å².